The van der Waals surface area contributed by atoms with Crippen LogP contribution in [0.25, 0.3) is 0 Å². The van der Waals surface area contributed by atoms with Crippen LogP contribution in [0.1, 0.15) is 16.7 Å². The Balaban J connectivity index is 3.50. The van der Waals surface area contributed by atoms with E-state index in [9.17, 15) is 30.7 Å². The molecule has 8 heteroatoms. The third-order valence-electron chi connectivity index (χ3n) is 1.92. The van der Waals surface area contributed by atoms with E-state index in [-0.39, 0.29) is 12.1 Å². The van der Waals surface area contributed by atoms with Gasteiger partial charge in [-0.2, -0.15) is 26.3 Å². The lowest BCUT2D eigenvalue weighted by Crippen LogP contribution is -2.14. The summed E-state index contributed by atoms with van der Waals surface area (Å²) in [5.74, 6) is -2.56. The minimum Gasteiger partial charge on any atom is -0.206 e. The van der Waals surface area contributed by atoms with Crippen molar-refractivity contribution in [1.29, 1.82) is 0 Å². The van der Waals surface area contributed by atoms with Gasteiger partial charge in [-0.1, -0.05) is 0 Å². The van der Waals surface area contributed by atoms with Crippen LogP contribution in [0, 0.1) is 5.82 Å². The normalized spacial score (nSPS) is 12.9. The lowest BCUT2D eigenvalue weighted by Gasteiger charge is -2.14. The van der Waals surface area contributed by atoms with Crippen LogP contribution in [0.4, 0.5) is 30.7 Å². The Morgan fingerprint density at radius 1 is 0.941 bits per heavy atom. The van der Waals surface area contributed by atoms with Gasteiger partial charge in [0.25, 0.3) is 0 Å². The fourth-order valence-electron chi connectivity index (χ4n) is 1.15. The quantitative estimate of drug-likeness (QED) is 0.521. The molecular weight excluding hydrogens is 277 g/mol. The molecule has 0 nitrogen and oxygen atoms in total. The average Bonchev–Trinajstić information content (AvgIpc) is 2.14. The third kappa shape index (κ3) is 3.02. The zero-order chi connectivity index (χ0) is 13.4. The molecule has 0 bridgehead atoms. The lowest BCUT2D eigenvalue weighted by molar-refractivity contribution is -0.144. The molecule has 0 N–H and O–H groups in total. The van der Waals surface area contributed by atoms with E-state index in [0.717, 1.165) is 0 Å². The molecule has 0 unspecified atom stereocenters. The van der Waals surface area contributed by atoms with E-state index in [1.807, 2.05) is 0 Å². The number of halogens is 8. The van der Waals surface area contributed by atoms with Gasteiger partial charge in [0.2, 0.25) is 0 Å². The summed E-state index contributed by atoms with van der Waals surface area (Å²) in [7, 11) is 0. The van der Waals surface area contributed by atoms with Gasteiger partial charge < -0.3 is 0 Å². The fraction of sp³-hybridized carbons (Fsp3) is 0.333. The molecule has 0 atom stereocenters. The van der Waals surface area contributed by atoms with Crippen molar-refractivity contribution in [1.82, 2.24) is 0 Å². The van der Waals surface area contributed by atoms with Crippen molar-refractivity contribution in [3.63, 3.8) is 0 Å². The van der Waals surface area contributed by atoms with Gasteiger partial charge >= 0.3 is 12.4 Å². The summed E-state index contributed by atoms with van der Waals surface area (Å²) < 4.78 is 86.8. The zero-order valence-corrected chi connectivity index (χ0v) is 8.64. The Hall–Kier alpha value is -0.980. The van der Waals surface area contributed by atoms with Crippen molar-refractivity contribution in [2.45, 2.75) is 18.2 Å². The van der Waals surface area contributed by atoms with Crippen molar-refractivity contribution in [2.24, 2.45) is 0 Å². The lowest BCUT2D eigenvalue weighted by atomic mass is 10.0. The van der Waals surface area contributed by atoms with Crippen molar-refractivity contribution < 1.29 is 30.7 Å². The van der Waals surface area contributed by atoms with Gasteiger partial charge in [0.1, 0.15) is 5.82 Å². The molecule has 0 saturated heterocycles. The predicted molar refractivity (Wildman–Crippen MR) is 46.0 cm³/mol. The Morgan fingerprint density at radius 3 is 1.82 bits per heavy atom. The highest BCUT2D eigenvalue weighted by molar-refractivity contribution is 6.17. The maximum atomic E-state index is 13.2. The van der Waals surface area contributed by atoms with E-state index in [1.165, 1.54) is 0 Å². The summed E-state index contributed by atoms with van der Waals surface area (Å²) in [5.41, 5.74) is -4.39. The second-order valence-corrected chi connectivity index (χ2v) is 3.39. The smallest absolute Gasteiger partial charge is 0.206 e. The molecule has 0 aliphatic carbocycles. The standard InChI is InChI=1S/C9H4ClF7/c10-3-4-1-5(8(12,13)14)2-6(7(4)11)9(15,16)17/h1-2H,3H2. The maximum absolute atomic E-state index is 13.2. The first-order valence-electron chi connectivity index (χ1n) is 4.10. The largest absolute Gasteiger partial charge is 0.419 e. The van der Waals surface area contributed by atoms with Crippen LogP contribution in [-0.4, -0.2) is 0 Å². The van der Waals surface area contributed by atoms with Crippen molar-refractivity contribution in [3.8, 4) is 0 Å². The van der Waals surface area contributed by atoms with Crippen LogP contribution < -0.4 is 0 Å². The highest BCUT2D eigenvalue weighted by Gasteiger charge is 2.39. The van der Waals surface area contributed by atoms with Gasteiger partial charge in [0.05, 0.1) is 17.0 Å². The second-order valence-electron chi connectivity index (χ2n) is 3.13. The number of alkyl halides is 7. The first-order valence-corrected chi connectivity index (χ1v) is 4.63. The molecule has 0 aliphatic rings. The molecule has 1 aromatic rings. The summed E-state index contributed by atoms with van der Waals surface area (Å²) in [4.78, 5) is 0. The molecule has 1 aromatic carbocycles. The van der Waals surface area contributed by atoms with Gasteiger partial charge in [-0.25, -0.2) is 4.39 Å². The minimum atomic E-state index is -5.20. The van der Waals surface area contributed by atoms with Crippen LogP contribution in [0.15, 0.2) is 12.1 Å². The molecular formula is C9H4ClF7. The zero-order valence-electron chi connectivity index (χ0n) is 7.89. The van der Waals surface area contributed by atoms with Crippen LogP contribution in [0.5, 0.6) is 0 Å². The molecule has 0 heterocycles. The Bertz CT molecular complexity index is 419. The van der Waals surface area contributed by atoms with Crippen LogP contribution in [-0.2, 0) is 18.2 Å². The molecule has 96 valence electrons. The van der Waals surface area contributed by atoms with E-state index in [0.29, 0.717) is 0 Å². The van der Waals surface area contributed by atoms with Gasteiger partial charge in [-0.05, 0) is 12.1 Å². The number of benzene rings is 1. The number of rotatable bonds is 1. The average molecular weight is 281 g/mol. The Labute approximate surface area is 96.0 Å². The summed E-state index contributed by atoms with van der Waals surface area (Å²) in [6.07, 6.45) is -10.2. The molecule has 0 aliphatic heterocycles. The summed E-state index contributed by atoms with van der Waals surface area (Å²) in [6, 6.07) is -0.0110. The van der Waals surface area contributed by atoms with E-state index in [1.54, 1.807) is 0 Å². The molecule has 0 saturated carbocycles. The van der Waals surface area contributed by atoms with Gasteiger partial charge in [0.15, 0.2) is 0 Å². The monoisotopic (exact) mass is 280 g/mol. The van der Waals surface area contributed by atoms with Gasteiger partial charge in [-0.3, -0.25) is 0 Å². The summed E-state index contributed by atoms with van der Waals surface area (Å²) >= 11 is 5.10. The number of hydrogen-bond donors (Lipinski definition) is 0. The van der Waals surface area contributed by atoms with Gasteiger partial charge in [0, 0.05) is 5.56 Å². The second kappa shape index (κ2) is 4.36. The molecule has 0 spiro atoms. The Morgan fingerprint density at radius 2 is 1.47 bits per heavy atom. The summed E-state index contributed by atoms with van der Waals surface area (Å²) in [5, 5.41) is 0. The maximum Gasteiger partial charge on any atom is 0.419 e. The highest BCUT2D eigenvalue weighted by atomic mass is 35.5. The van der Waals surface area contributed by atoms with Crippen molar-refractivity contribution >= 4 is 11.6 Å². The van der Waals surface area contributed by atoms with E-state index in [4.69, 9.17) is 11.6 Å². The van der Waals surface area contributed by atoms with Crippen LogP contribution in [0.2, 0.25) is 0 Å². The molecule has 0 amide bonds. The highest BCUT2D eigenvalue weighted by Crippen LogP contribution is 2.38. The molecule has 0 fully saturated rings. The first-order chi connectivity index (χ1) is 7.57. The molecule has 0 aromatic heterocycles. The molecule has 17 heavy (non-hydrogen) atoms. The number of hydrogen-bond acceptors (Lipinski definition) is 0. The summed E-state index contributed by atoms with van der Waals surface area (Å²) in [6.45, 7) is 0. The SMILES string of the molecule is Fc1c(CCl)cc(C(F)(F)F)cc1C(F)(F)F. The third-order valence-corrected chi connectivity index (χ3v) is 2.21. The molecule has 1 rings (SSSR count). The van der Waals surface area contributed by atoms with E-state index < -0.39 is 40.7 Å². The van der Waals surface area contributed by atoms with Crippen molar-refractivity contribution in [3.05, 3.63) is 34.6 Å². The van der Waals surface area contributed by atoms with Gasteiger partial charge in [-0.15, -0.1) is 11.6 Å². The fourth-order valence-corrected chi connectivity index (χ4v) is 1.35. The molecule has 0 radical (unpaired) electrons. The van der Waals surface area contributed by atoms with Crippen LogP contribution >= 0.6 is 11.6 Å². The topological polar surface area (TPSA) is 0 Å². The minimum absolute atomic E-state index is 0.261. The van der Waals surface area contributed by atoms with E-state index in [2.05, 4.69) is 0 Å². The van der Waals surface area contributed by atoms with E-state index >= 15 is 0 Å². The predicted octanol–water partition coefficient (Wildman–Crippen LogP) is 4.60. The Kier molecular flexibility index (Phi) is 3.61. The van der Waals surface area contributed by atoms with Crippen molar-refractivity contribution in [2.75, 3.05) is 0 Å². The first kappa shape index (κ1) is 14.1. The van der Waals surface area contributed by atoms with Crippen LogP contribution in [0.3, 0.4) is 0 Å².